The lowest BCUT2D eigenvalue weighted by Crippen LogP contribution is -2.11. The van der Waals surface area contributed by atoms with Gasteiger partial charge in [0.2, 0.25) is 0 Å². The molecule has 0 aliphatic carbocycles. The molecule has 0 N–H and O–H groups in total. The average Bonchev–Trinajstić information content (AvgIpc) is 2.83. The SMILES string of the molecule is [B]c1c(OC)cc(-c2ccco2)cc1OC. The normalized spacial score (nSPS) is 10.1. The molecule has 1 aromatic carbocycles. The van der Waals surface area contributed by atoms with E-state index >= 15 is 0 Å². The summed E-state index contributed by atoms with van der Waals surface area (Å²) in [5.41, 5.74) is 1.35. The minimum Gasteiger partial charge on any atom is -0.497 e. The number of benzene rings is 1. The molecule has 2 radical (unpaired) electrons. The van der Waals surface area contributed by atoms with E-state index in [1.54, 1.807) is 20.5 Å². The van der Waals surface area contributed by atoms with E-state index < -0.39 is 0 Å². The van der Waals surface area contributed by atoms with Gasteiger partial charge in [-0.3, -0.25) is 0 Å². The molecule has 0 saturated carbocycles. The van der Waals surface area contributed by atoms with Crippen LogP contribution < -0.4 is 14.9 Å². The predicted molar refractivity (Wildman–Crippen MR) is 62.6 cm³/mol. The van der Waals surface area contributed by atoms with Crippen molar-refractivity contribution >= 4 is 13.3 Å². The molecule has 0 bridgehead atoms. The van der Waals surface area contributed by atoms with E-state index in [1.807, 2.05) is 24.3 Å². The summed E-state index contributed by atoms with van der Waals surface area (Å²) in [7, 11) is 8.98. The molecule has 1 heterocycles. The maximum atomic E-state index is 5.85. The number of ether oxygens (including phenoxy) is 2. The van der Waals surface area contributed by atoms with E-state index in [1.165, 1.54) is 0 Å². The molecule has 80 valence electrons. The van der Waals surface area contributed by atoms with Crippen LogP contribution in [0.4, 0.5) is 0 Å². The van der Waals surface area contributed by atoms with Gasteiger partial charge in [0.1, 0.15) is 25.1 Å². The number of hydrogen-bond acceptors (Lipinski definition) is 3. The second-order valence-corrected chi connectivity index (χ2v) is 3.27. The van der Waals surface area contributed by atoms with Crippen LogP contribution in [0.25, 0.3) is 11.3 Å². The summed E-state index contributed by atoms with van der Waals surface area (Å²) in [4.78, 5) is 0. The molecule has 0 fully saturated rings. The summed E-state index contributed by atoms with van der Waals surface area (Å²) < 4.78 is 15.7. The van der Waals surface area contributed by atoms with E-state index in [4.69, 9.17) is 21.7 Å². The Morgan fingerprint density at radius 3 is 2.19 bits per heavy atom. The van der Waals surface area contributed by atoms with Crippen LogP contribution in [0.1, 0.15) is 0 Å². The lowest BCUT2D eigenvalue weighted by atomic mass is 9.92. The maximum Gasteiger partial charge on any atom is 0.134 e. The first-order chi connectivity index (χ1) is 7.76. The molecule has 3 nitrogen and oxygen atoms in total. The summed E-state index contributed by atoms with van der Waals surface area (Å²) in [5, 5.41) is 0. The van der Waals surface area contributed by atoms with Crippen molar-refractivity contribution in [1.82, 2.24) is 0 Å². The molecule has 2 rings (SSSR count). The molecule has 0 spiro atoms. The summed E-state index contributed by atoms with van der Waals surface area (Å²) in [6.45, 7) is 0. The Morgan fingerprint density at radius 1 is 1.12 bits per heavy atom. The smallest absolute Gasteiger partial charge is 0.134 e. The Labute approximate surface area is 95.4 Å². The van der Waals surface area contributed by atoms with Gasteiger partial charge in [0, 0.05) is 5.56 Å². The van der Waals surface area contributed by atoms with Gasteiger partial charge in [0.05, 0.1) is 20.5 Å². The third-order valence-corrected chi connectivity index (χ3v) is 2.35. The molecular formula is C12H11BO3. The van der Waals surface area contributed by atoms with Gasteiger partial charge in [-0.15, -0.1) is 0 Å². The van der Waals surface area contributed by atoms with Crippen molar-refractivity contribution in [2.24, 2.45) is 0 Å². The van der Waals surface area contributed by atoms with Crippen molar-refractivity contribution in [3.05, 3.63) is 30.5 Å². The Balaban J connectivity index is 2.56. The highest BCUT2D eigenvalue weighted by Gasteiger charge is 2.10. The van der Waals surface area contributed by atoms with Gasteiger partial charge in [-0.25, -0.2) is 0 Å². The van der Waals surface area contributed by atoms with Crippen molar-refractivity contribution in [3.8, 4) is 22.8 Å². The number of furan rings is 1. The van der Waals surface area contributed by atoms with Gasteiger partial charge in [-0.1, -0.05) is 0 Å². The minimum atomic E-state index is 0.486. The van der Waals surface area contributed by atoms with Crippen LogP contribution in [0.2, 0.25) is 0 Å². The van der Waals surface area contributed by atoms with E-state index in [9.17, 15) is 0 Å². The number of hydrogen-bond donors (Lipinski definition) is 0. The largest absolute Gasteiger partial charge is 0.497 e. The van der Waals surface area contributed by atoms with E-state index in [0.717, 1.165) is 11.3 Å². The predicted octanol–water partition coefficient (Wildman–Crippen LogP) is 1.76. The third-order valence-electron chi connectivity index (χ3n) is 2.35. The molecule has 1 aromatic heterocycles. The van der Waals surface area contributed by atoms with Crippen LogP contribution in [-0.2, 0) is 0 Å². The van der Waals surface area contributed by atoms with Crippen LogP contribution in [-0.4, -0.2) is 22.1 Å². The number of rotatable bonds is 3. The number of methoxy groups -OCH3 is 2. The van der Waals surface area contributed by atoms with Crippen LogP contribution in [0.15, 0.2) is 34.9 Å². The zero-order valence-corrected chi connectivity index (χ0v) is 9.19. The molecule has 0 saturated heterocycles. The molecule has 16 heavy (non-hydrogen) atoms. The third kappa shape index (κ3) is 1.78. The Hall–Kier alpha value is -1.84. The molecule has 4 heteroatoms. The van der Waals surface area contributed by atoms with Crippen molar-refractivity contribution < 1.29 is 13.9 Å². The van der Waals surface area contributed by atoms with Gasteiger partial charge in [0.25, 0.3) is 0 Å². The lowest BCUT2D eigenvalue weighted by molar-refractivity contribution is 0.400. The van der Waals surface area contributed by atoms with Gasteiger partial charge < -0.3 is 13.9 Å². The summed E-state index contributed by atoms with van der Waals surface area (Å²) in [6.07, 6.45) is 1.62. The summed E-state index contributed by atoms with van der Waals surface area (Å²) in [5.74, 6) is 1.90. The van der Waals surface area contributed by atoms with Gasteiger partial charge in [-0.2, -0.15) is 0 Å². The zero-order chi connectivity index (χ0) is 11.5. The van der Waals surface area contributed by atoms with Crippen molar-refractivity contribution in [1.29, 1.82) is 0 Å². The first kappa shape index (κ1) is 10.7. The topological polar surface area (TPSA) is 31.6 Å². The fourth-order valence-electron chi connectivity index (χ4n) is 1.52. The van der Waals surface area contributed by atoms with Crippen molar-refractivity contribution in [2.45, 2.75) is 0 Å². The van der Waals surface area contributed by atoms with Gasteiger partial charge in [0.15, 0.2) is 0 Å². The van der Waals surface area contributed by atoms with Crippen LogP contribution in [0.3, 0.4) is 0 Å². The first-order valence-corrected chi connectivity index (χ1v) is 4.81. The Kier molecular flexibility index (Phi) is 2.90. The summed E-state index contributed by atoms with van der Waals surface area (Å²) in [6, 6.07) is 7.32. The monoisotopic (exact) mass is 214 g/mol. The van der Waals surface area contributed by atoms with E-state index in [-0.39, 0.29) is 0 Å². The molecule has 0 amide bonds. The highest BCUT2D eigenvalue weighted by Crippen LogP contribution is 2.27. The fraction of sp³-hybridized carbons (Fsp3) is 0.167. The lowest BCUT2D eigenvalue weighted by Gasteiger charge is -2.11. The van der Waals surface area contributed by atoms with Crippen LogP contribution in [0.5, 0.6) is 11.5 Å². The molecule has 0 atom stereocenters. The second kappa shape index (κ2) is 4.35. The molecule has 0 aliphatic rings. The Morgan fingerprint density at radius 2 is 1.75 bits per heavy atom. The standard InChI is InChI=1S/C12H11BO3/c1-14-10-6-8(9-4-3-5-16-9)7-11(15-2)12(10)13/h3-7H,1-2H3. The van der Waals surface area contributed by atoms with E-state index in [0.29, 0.717) is 17.0 Å². The van der Waals surface area contributed by atoms with Gasteiger partial charge >= 0.3 is 0 Å². The first-order valence-electron chi connectivity index (χ1n) is 4.81. The fourth-order valence-corrected chi connectivity index (χ4v) is 1.52. The zero-order valence-electron chi connectivity index (χ0n) is 9.19. The molecular weight excluding hydrogens is 203 g/mol. The Bertz CT molecular complexity index is 452. The van der Waals surface area contributed by atoms with Gasteiger partial charge in [-0.05, 0) is 29.7 Å². The second-order valence-electron chi connectivity index (χ2n) is 3.27. The maximum absolute atomic E-state index is 5.85. The average molecular weight is 214 g/mol. The summed E-state index contributed by atoms with van der Waals surface area (Å²) >= 11 is 0. The minimum absolute atomic E-state index is 0.486. The van der Waals surface area contributed by atoms with E-state index in [2.05, 4.69) is 0 Å². The van der Waals surface area contributed by atoms with Crippen LogP contribution >= 0.6 is 0 Å². The highest BCUT2D eigenvalue weighted by atomic mass is 16.5. The quantitative estimate of drug-likeness (QED) is 0.729. The van der Waals surface area contributed by atoms with Crippen molar-refractivity contribution in [2.75, 3.05) is 14.2 Å². The highest BCUT2D eigenvalue weighted by molar-refractivity contribution is 6.36. The molecule has 2 aromatic rings. The van der Waals surface area contributed by atoms with Crippen molar-refractivity contribution in [3.63, 3.8) is 0 Å². The molecule has 0 unspecified atom stereocenters. The molecule has 0 aliphatic heterocycles. The van der Waals surface area contributed by atoms with Crippen LogP contribution in [0, 0.1) is 0 Å².